The van der Waals surface area contributed by atoms with E-state index in [9.17, 15) is 14.0 Å². The van der Waals surface area contributed by atoms with Crippen LogP contribution in [0.15, 0.2) is 28.8 Å². The fraction of sp³-hybridized carbons (Fsp3) is 0.545. The smallest absolute Gasteiger partial charge is 0.409 e. The predicted octanol–water partition coefficient (Wildman–Crippen LogP) is 2.36. The topological polar surface area (TPSA) is 92.0 Å². The Morgan fingerprint density at radius 3 is 2.72 bits per heavy atom. The summed E-state index contributed by atoms with van der Waals surface area (Å²) in [7, 11) is 0. The highest BCUT2D eigenvalue weighted by atomic mass is 19.1. The van der Waals surface area contributed by atoms with Crippen LogP contribution in [0, 0.1) is 5.82 Å². The molecule has 0 aliphatic carbocycles. The number of benzene rings is 1. The van der Waals surface area contributed by atoms with E-state index < -0.39 is 0 Å². The number of aromatic nitrogens is 2. The van der Waals surface area contributed by atoms with Crippen molar-refractivity contribution in [3.05, 3.63) is 36.0 Å². The minimum absolute atomic E-state index is 0.0343. The summed E-state index contributed by atoms with van der Waals surface area (Å²) < 4.78 is 24.0. The molecular formula is C22H28FN5O4. The normalized spacial score (nSPS) is 19.8. The van der Waals surface area contributed by atoms with Crippen LogP contribution in [0.1, 0.15) is 31.6 Å². The minimum Gasteiger partial charge on any atom is -0.450 e. The van der Waals surface area contributed by atoms with E-state index in [4.69, 9.17) is 9.26 Å². The molecule has 2 fully saturated rings. The Morgan fingerprint density at radius 1 is 1.19 bits per heavy atom. The fourth-order valence-corrected chi connectivity index (χ4v) is 4.19. The lowest BCUT2D eigenvalue weighted by molar-refractivity contribution is -0.134. The molecule has 2 saturated heterocycles. The Labute approximate surface area is 186 Å². The average molecular weight is 445 g/mol. The summed E-state index contributed by atoms with van der Waals surface area (Å²) in [5.74, 6) is 0.628. The first-order valence-electron chi connectivity index (χ1n) is 11.0. The van der Waals surface area contributed by atoms with Crippen molar-refractivity contribution < 1.29 is 23.2 Å². The van der Waals surface area contributed by atoms with Crippen LogP contribution in [-0.4, -0.2) is 89.3 Å². The Morgan fingerprint density at radius 2 is 1.97 bits per heavy atom. The summed E-state index contributed by atoms with van der Waals surface area (Å²) in [6.07, 6.45) is 1.50. The van der Waals surface area contributed by atoms with E-state index in [1.54, 1.807) is 28.9 Å². The number of piperidine rings is 1. The Balaban J connectivity index is 1.30. The number of carbonyl (C=O) groups is 2. The number of piperazine rings is 1. The maximum atomic E-state index is 13.5. The van der Waals surface area contributed by atoms with Crippen molar-refractivity contribution in [2.24, 2.45) is 0 Å². The van der Waals surface area contributed by atoms with E-state index in [0.29, 0.717) is 63.2 Å². The summed E-state index contributed by atoms with van der Waals surface area (Å²) >= 11 is 0. The van der Waals surface area contributed by atoms with E-state index in [0.717, 1.165) is 19.4 Å². The molecule has 1 unspecified atom stereocenters. The summed E-state index contributed by atoms with van der Waals surface area (Å²) in [4.78, 5) is 34.6. The van der Waals surface area contributed by atoms with Gasteiger partial charge in [-0.15, -0.1) is 0 Å². The lowest BCUT2D eigenvalue weighted by Crippen LogP contribution is -2.53. The van der Waals surface area contributed by atoms with E-state index in [1.165, 1.54) is 12.1 Å². The van der Waals surface area contributed by atoms with Crippen LogP contribution in [0.4, 0.5) is 9.18 Å². The molecular weight excluding hydrogens is 417 g/mol. The first kappa shape index (κ1) is 22.2. The maximum absolute atomic E-state index is 13.5. The first-order valence-corrected chi connectivity index (χ1v) is 11.0. The Bertz CT molecular complexity index is 944. The Hall–Kier alpha value is -3.01. The second-order valence-electron chi connectivity index (χ2n) is 8.11. The number of carbonyl (C=O) groups excluding carboxylic acids is 2. The molecule has 0 radical (unpaired) electrons. The molecule has 0 spiro atoms. The third-order valence-corrected chi connectivity index (χ3v) is 5.90. The van der Waals surface area contributed by atoms with Gasteiger partial charge < -0.3 is 19.1 Å². The van der Waals surface area contributed by atoms with Gasteiger partial charge in [0.2, 0.25) is 17.6 Å². The zero-order chi connectivity index (χ0) is 22.5. The Kier molecular flexibility index (Phi) is 6.99. The van der Waals surface area contributed by atoms with E-state index in [2.05, 4.69) is 15.0 Å². The van der Waals surface area contributed by atoms with Gasteiger partial charge in [0.1, 0.15) is 5.82 Å². The van der Waals surface area contributed by atoms with Crippen molar-refractivity contribution in [3.63, 3.8) is 0 Å². The van der Waals surface area contributed by atoms with Crippen LogP contribution in [-0.2, 0) is 9.53 Å². The lowest BCUT2D eigenvalue weighted by Gasteiger charge is -2.36. The van der Waals surface area contributed by atoms with Gasteiger partial charge in [-0.05, 0) is 38.4 Å². The minimum atomic E-state index is -0.348. The molecule has 2 aliphatic heterocycles. The molecule has 0 saturated carbocycles. The highest BCUT2D eigenvalue weighted by Crippen LogP contribution is 2.27. The second kappa shape index (κ2) is 10.1. The van der Waals surface area contributed by atoms with Crippen LogP contribution < -0.4 is 0 Å². The summed E-state index contributed by atoms with van der Waals surface area (Å²) in [5, 5.41) is 4.01. The number of hydrogen-bond acceptors (Lipinski definition) is 7. The third-order valence-electron chi connectivity index (χ3n) is 5.90. The molecule has 9 nitrogen and oxygen atoms in total. The summed E-state index contributed by atoms with van der Waals surface area (Å²) in [6, 6.07) is 6.10. The summed E-state index contributed by atoms with van der Waals surface area (Å²) in [6.45, 7) is 5.91. The lowest BCUT2D eigenvalue weighted by atomic mass is 9.98. The molecule has 1 aromatic heterocycles. The highest BCUT2D eigenvalue weighted by molar-refractivity contribution is 5.78. The number of amides is 2. The molecule has 2 aromatic rings. The molecule has 10 heteroatoms. The molecule has 0 N–H and O–H groups in total. The van der Waals surface area contributed by atoms with Gasteiger partial charge in [-0.25, -0.2) is 9.18 Å². The van der Waals surface area contributed by atoms with Crippen LogP contribution in [0.3, 0.4) is 0 Å². The van der Waals surface area contributed by atoms with Crippen LogP contribution >= 0.6 is 0 Å². The zero-order valence-electron chi connectivity index (χ0n) is 18.2. The molecule has 1 aromatic carbocycles. The van der Waals surface area contributed by atoms with Crippen molar-refractivity contribution in [1.29, 1.82) is 0 Å². The van der Waals surface area contributed by atoms with Crippen molar-refractivity contribution in [2.45, 2.75) is 25.7 Å². The quantitative estimate of drug-likeness (QED) is 0.698. The number of ether oxygens (including phenoxy) is 1. The first-order chi connectivity index (χ1) is 15.5. The highest BCUT2D eigenvalue weighted by Gasteiger charge is 2.30. The van der Waals surface area contributed by atoms with Crippen molar-refractivity contribution in [1.82, 2.24) is 24.8 Å². The number of nitrogens with zero attached hydrogens (tertiary/aromatic N) is 5. The van der Waals surface area contributed by atoms with Crippen LogP contribution in [0.5, 0.6) is 0 Å². The zero-order valence-corrected chi connectivity index (χ0v) is 18.2. The van der Waals surface area contributed by atoms with E-state index >= 15 is 0 Å². The number of rotatable bonds is 5. The molecule has 4 rings (SSSR count). The fourth-order valence-electron chi connectivity index (χ4n) is 4.19. The molecule has 32 heavy (non-hydrogen) atoms. The molecule has 3 heterocycles. The SMILES string of the molecule is CCOC(=O)N1CCN(C(=O)CN2CCCC(c3nc(-c4cccc(F)c4)no3)C2)CC1. The van der Waals surface area contributed by atoms with E-state index in [-0.39, 0.29) is 23.7 Å². The second-order valence-corrected chi connectivity index (χ2v) is 8.11. The van der Waals surface area contributed by atoms with Crippen LogP contribution in [0.2, 0.25) is 0 Å². The number of halogens is 1. The standard InChI is InChI=1S/C22H28FN5O4/c1-2-31-22(30)28-11-9-27(10-12-28)19(29)15-26-8-4-6-17(14-26)21-24-20(25-32-21)16-5-3-7-18(23)13-16/h3,5,7,13,17H,2,4,6,8-12,14-15H2,1H3. The molecule has 0 bridgehead atoms. The number of hydrogen-bond donors (Lipinski definition) is 0. The van der Waals surface area contributed by atoms with Gasteiger partial charge in [0.15, 0.2) is 0 Å². The number of likely N-dealkylation sites (tertiary alicyclic amines) is 1. The van der Waals surface area contributed by atoms with Gasteiger partial charge >= 0.3 is 6.09 Å². The maximum Gasteiger partial charge on any atom is 0.409 e. The largest absolute Gasteiger partial charge is 0.450 e. The third kappa shape index (κ3) is 5.24. The molecule has 2 aliphatic rings. The van der Waals surface area contributed by atoms with Gasteiger partial charge in [0.05, 0.1) is 19.1 Å². The summed E-state index contributed by atoms with van der Waals surface area (Å²) in [5.41, 5.74) is 0.574. The van der Waals surface area contributed by atoms with Gasteiger partial charge in [0.25, 0.3) is 0 Å². The van der Waals surface area contributed by atoms with E-state index in [1.807, 2.05) is 0 Å². The van der Waals surface area contributed by atoms with Crippen molar-refractivity contribution >= 4 is 12.0 Å². The molecule has 172 valence electrons. The van der Waals surface area contributed by atoms with Crippen molar-refractivity contribution in [3.8, 4) is 11.4 Å². The van der Waals surface area contributed by atoms with Gasteiger partial charge in [-0.3, -0.25) is 9.69 Å². The molecule has 2 amide bonds. The average Bonchev–Trinajstić information content (AvgIpc) is 3.30. The van der Waals surface area contributed by atoms with Crippen LogP contribution in [0.25, 0.3) is 11.4 Å². The van der Waals surface area contributed by atoms with Gasteiger partial charge in [-0.2, -0.15) is 4.98 Å². The van der Waals surface area contributed by atoms with Gasteiger partial charge in [-0.1, -0.05) is 17.3 Å². The van der Waals surface area contributed by atoms with Crippen molar-refractivity contribution in [2.75, 3.05) is 52.4 Å². The van der Waals surface area contributed by atoms with Gasteiger partial charge in [0, 0.05) is 38.3 Å². The molecule has 1 atom stereocenters. The predicted molar refractivity (Wildman–Crippen MR) is 113 cm³/mol. The monoisotopic (exact) mass is 445 g/mol.